The van der Waals surface area contributed by atoms with Gasteiger partial charge < -0.3 is 19.8 Å². The Morgan fingerprint density at radius 3 is 2.80 bits per heavy atom. The zero-order valence-corrected chi connectivity index (χ0v) is 14.0. The number of nitrogens with one attached hydrogen (secondary N) is 2. The van der Waals surface area contributed by atoms with Gasteiger partial charge in [0.25, 0.3) is 0 Å². The Morgan fingerprint density at radius 1 is 1.16 bits per heavy atom. The lowest BCUT2D eigenvalue weighted by Gasteiger charge is -2.19. The molecule has 0 radical (unpaired) electrons. The molecule has 0 unspecified atom stereocenters. The molecule has 1 saturated carbocycles. The molecule has 1 aromatic carbocycles. The fourth-order valence-electron chi connectivity index (χ4n) is 3.21. The molecule has 7 nitrogen and oxygen atoms in total. The summed E-state index contributed by atoms with van der Waals surface area (Å²) in [6.07, 6.45) is 4.01. The number of rotatable bonds is 6. The number of nitrogens with zero attached hydrogens (tertiary/aromatic N) is 2. The molecule has 1 saturated heterocycles. The molecule has 25 heavy (non-hydrogen) atoms. The van der Waals surface area contributed by atoms with Crippen LogP contribution in [0.5, 0.6) is 0 Å². The average Bonchev–Trinajstić information content (AvgIpc) is 3.18. The summed E-state index contributed by atoms with van der Waals surface area (Å²) in [7, 11) is 0. The highest BCUT2D eigenvalue weighted by atomic mass is 16.5. The molecule has 4 rings (SSSR count). The highest BCUT2D eigenvalue weighted by Crippen LogP contribution is 2.38. The van der Waals surface area contributed by atoms with Crippen LogP contribution in [0, 0.1) is 5.92 Å². The van der Waals surface area contributed by atoms with Crippen molar-refractivity contribution in [3.63, 3.8) is 0 Å². The first-order valence-corrected chi connectivity index (χ1v) is 8.83. The van der Waals surface area contributed by atoms with Crippen LogP contribution < -0.4 is 10.6 Å². The van der Waals surface area contributed by atoms with Gasteiger partial charge in [0.15, 0.2) is 0 Å². The van der Waals surface area contributed by atoms with E-state index >= 15 is 0 Å². The summed E-state index contributed by atoms with van der Waals surface area (Å²) < 4.78 is 11.4. The van der Waals surface area contributed by atoms with Crippen LogP contribution in [0.15, 0.2) is 34.7 Å². The van der Waals surface area contributed by atoms with Crippen LogP contribution >= 0.6 is 0 Å². The molecule has 1 aromatic heterocycles. The maximum Gasteiger partial charge on any atom is 0.315 e. The number of urea groups is 1. The summed E-state index contributed by atoms with van der Waals surface area (Å²) >= 11 is 0. The maximum absolute atomic E-state index is 12.1. The van der Waals surface area contributed by atoms with Gasteiger partial charge in [-0.2, -0.15) is 0 Å². The fraction of sp³-hybridized carbons (Fsp3) is 0.500. The number of ether oxygens (including phenoxy) is 1. The second kappa shape index (κ2) is 7.23. The molecule has 132 valence electrons. The van der Waals surface area contributed by atoms with Gasteiger partial charge in [-0.05, 0) is 37.3 Å². The highest BCUT2D eigenvalue weighted by molar-refractivity contribution is 5.74. The second-order valence-electron chi connectivity index (χ2n) is 6.59. The van der Waals surface area contributed by atoms with E-state index in [0.29, 0.717) is 30.7 Å². The Kier molecular flexibility index (Phi) is 4.65. The van der Waals surface area contributed by atoms with Gasteiger partial charge in [0.2, 0.25) is 11.8 Å². The maximum atomic E-state index is 12.1. The van der Waals surface area contributed by atoms with Gasteiger partial charge in [0.1, 0.15) is 0 Å². The van der Waals surface area contributed by atoms with Crippen molar-refractivity contribution >= 4 is 6.03 Å². The first-order chi connectivity index (χ1) is 12.3. The summed E-state index contributed by atoms with van der Waals surface area (Å²) in [5.74, 6) is 1.64. The van der Waals surface area contributed by atoms with E-state index in [1.807, 2.05) is 30.3 Å². The van der Waals surface area contributed by atoms with Crippen molar-refractivity contribution in [3.8, 4) is 11.5 Å². The van der Waals surface area contributed by atoms with Gasteiger partial charge in [-0.1, -0.05) is 18.2 Å². The van der Waals surface area contributed by atoms with Crippen LogP contribution in [0.4, 0.5) is 4.79 Å². The molecule has 2 amide bonds. The molecular formula is C18H22N4O3. The summed E-state index contributed by atoms with van der Waals surface area (Å²) in [4.78, 5) is 12.1. The molecule has 2 aromatic rings. The molecule has 2 heterocycles. The van der Waals surface area contributed by atoms with Crippen molar-refractivity contribution in [2.75, 3.05) is 13.2 Å². The topological polar surface area (TPSA) is 89.3 Å². The number of benzene rings is 1. The normalized spacial score (nSPS) is 22.7. The third-order valence-corrected chi connectivity index (χ3v) is 4.65. The summed E-state index contributed by atoms with van der Waals surface area (Å²) in [6.45, 7) is 1.18. The minimum Gasteiger partial charge on any atom is -0.421 e. The molecule has 2 fully saturated rings. The quantitative estimate of drug-likeness (QED) is 0.839. The van der Waals surface area contributed by atoms with Gasteiger partial charge in [-0.15, -0.1) is 10.2 Å². The van der Waals surface area contributed by atoms with Crippen LogP contribution in [-0.4, -0.2) is 41.5 Å². The lowest BCUT2D eigenvalue weighted by Crippen LogP contribution is -2.46. The number of amides is 2. The predicted octanol–water partition coefficient (Wildman–Crippen LogP) is 2.15. The van der Waals surface area contributed by atoms with Crippen molar-refractivity contribution < 1.29 is 13.9 Å². The molecule has 1 aliphatic heterocycles. The molecule has 0 bridgehead atoms. The summed E-state index contributed by atoms with van der Waals surface area (Å²) in [5.41, 5.74) is 0.888. The molecule has 0 spiro atoms. The van der Waals surface area contributed by atoms with Crippen molar-refractivity contribution in [3.05, 3.63) is 36.2 Å². The molecule has 2 atom stereocenters. The minimum atomic E-state index is -0.163. The number of hydrogen-bond acceptors (Lipinski definition) is 5. The van der Waals surface area contributed by atoms with E-state index in [1.165, 1.54) is 12.8 Å². The Hall–Kier alpha value is -2.41. The van der Waals surface area contributed by atoms with Crippen LogP contribution in [0.25, 0.3) is 11.5 Å². The molecule has 2 aliphatic rings. The monoisotopic (exact) mass is 342 g/mol. The lowest BCUT2D eigenvalue weighted by molar-refractivity contribution is 0.0825. The fourth-order valence-corrected chi connectivity index (χ4v) is 3.21. The van der Waals surface area contributed by atoms with Crippen molar-refractivity contribution in [2.24, 2.45) is 5.92 Å². The summed E-state index contributed by atoms with van der Waals surface area (Å²) in [5, 5.41) is 13.9. The van der Waals surface area contributed by atoms with Crippen molar-refractivity contribution in [1.29, 1.82) is 0 Å². The number of carbonyl (C=O) groups excluding carboxylic acids is 1. The first-order valence-electron chi connectivity index (χ1n) is 8.83. The van der Waals surface area contributed by atoms with E-state index < -0.39 is 0 Å². The van der Waals surface area contributed by atoms with Gasteiger partial charge in [-0.3, -0.25) is 0 Å². The average molecular weight is 342 g/mol. The van der Waals surface area contributed by atoms with E-state index in [2.05, 4.69) is 20.8 Å². The number of carbonyl (C=O) groups is 1. The van der Waals surface area contributed by atoms with E-state index in [0.717, 1.165) is 18.6 Å². The summed E-state index contributed by atoms with van der Waals surface area (Å²) in [6, 6.07) is 9.59. The van der Waals surface area contributed by atoms with Crippen LogP contribution in [0.3, 0.4) is 0 Å². The van der Waals surface area contributed by atoms with Crippen LogP contribution in [0.2, 0.25) is 0 Å². The Labute approximate surface area is 146 Å². The van der Waals surface area contributed by atoms with Gasteiger partial charge >= 0.3 is 6.03 Å². The van der Waals surface area contributed by atoms with Gasteiger partial charge in [0, 0.05) is 25.1 Å². The van der Waals surface area contributed by atoms with Crippen LogP contribution in [-0.2, 0) is 11.2 Å². The zero-order chi connectivity index (χ0) is 17.1. The van der Waals surface area contributed by atoms with Gasteiger partial charge in [0.05, 0.1) is 12.1 Å². The van der Waals surface area contributed by atoms with E-state index in [4.69, 9.17) is 9.15 Å². The lowest BCUT2D eigenvalue weighted by atomic mass is 10.1. The number of hydrogen-bond donors (Lipinski definition) is 2. The molecular weight excluding hydrogens is 320 g/mol. The Balaban J connectivity index is 1.22. The third-order valence-electron chi connectivity index (χ3n) is 4.65. The zero-order valence-electron chi connectivity index (χ0n) is 14.0. The highest BCUT2D eigenvalue weighted by Gasteiger charge is 2.41. The van der Waals surface area contributed by atoms with E-state index in [-0.39, 0.29) is 18.2 Å². The first kappa shape index (κ1) is 16.1. The smallest absolute Gasteiger partial charge is 0.315 e. The molecule has 7 heteroatoms. The molecule has 2 N–H and O–H groups in total. The van der Waals surface area contributed by atoms with E-state index in [1.54, 1.807) is 0 Å². The third kappa shape index (κ3) is 3.99. The van der Waals surface area contributed by atoms with E-state index in [9.17, 15) is 4.79 Å². The number of aromatic nitrogens is 2. The largest absolute Gasteiger partial charge is 0.421 e. The second-order valence-corrected chi connectivity index (χ2v) is 6.59. The Morgan fingerprint density at radius 2 is 2.00 bits per heavy atom. The SMILES string of the molecule is O=C(NCCc1nnc(-c2ccccc2)o1)N[C@@H]1CCO[C@@H]1C1CC1. The Bertz CT molecular complexity index is 714. The minimum absolute atomic E-state index is 0.126. The molecule has 1 aliphatic carbocycles. The van der Waals surface area contributed by atoms with Gasteiger partial charge in [-0.25, -0.2) is 4.79 Å². The standard InChI is InChI=1S/C18H22N4O3/c23-18(20-14-9-11-24-16(14)12-6-7-12)19-10-8-15-21-22-17(25-15)13-4-2-1-3-5-13/h1-5,12,14,16H,6-11H2,(H2,19,20,23)/t14-,16-/m1/s1. The van der Waals surface area contributed by atoms with Crippen molar-refractivity contribution in [1.82, 2.24) is 20.8 Å². The van der Waals surface area contributed by atoms with Crippen molar-refractivity contribution in [2.45, 2.75) is 37.8 Å². The van der Waals surface area contributed by atoms with Crippen LogP contribution in [0.1, 0.15) is 25.2 Å². The predicted molar refractivity (Wildman–Crippen MR) is 90.8 cm³/mol.